The van der Waals surface area contributed by atoms with Crippen LogP contribution in [-0.4, -0.2) is 17.0 Å². The van der Waals surface area contributed by atoms with Gasteiger partial charge in [0.05, 0.1) is 5.02 Å². The van der Waals surface area contributed by atoms with E-state index in [4.69, 9.17) is 23.2 Å². The molecule has 1 N–H and O–H groups in total. The Morgan fingerprint density at radius 1 is 1.20 bits per heavy atom. The van der Waals surface area contributed by atoms with Crippen molar-refractivity contribution in [1.29, 1.82) is 0 Å². The summed E-state index contributed by atoms with van der Waals surface area (Å²) in [4.78, 5) is 9.87. The maximum atomic E-state index is 6.18. The summed E-state index contributed by atoms with van der Waals surface area (Å²) in [6.07, 6.45) is 1.86. The number of anilines is 1. The van der Waals surface area contributed by atoms with Gasteiger partial charge < -0.3 is 5.32 Å². The number of rotatable bonds is 5. The first-order chi connectivity index (χ1) is 9.62. The fourth-order valence-electron chi connectivity index (χ4n) is 1.66. The normalized spacial score (nSPS) is 10.6. The molecule has 3 nitrogen and oxygen atoms in total. The van der Waals surface area contributed by atoms with Gasteiger partial charge in [-0.25, -0.2) is 9.97 Å². The van der Waals surface area contributed by atoms with Crippen molar-refractivity contribution >= 4 is 40.8 Å². The van der Waals surface area contributed by atoms with Gasteiger partial charge in [-0.3, -0.25) is 0 Å². The van der Waals surface area contributed by atoms with Gasteiger partial charge in [0.25, 0.3) is 0 Å². The van der Waals surface area contributed by atoms with Crippen LogP contribution in [0.2, 0.25) is 10.0 Å². The Bertz CT molecular complexity index is 605. The minimum absolute atomic E-state index is 0.661. The van der Waals surface area contributed by atoms with Gasteiger partial charge in [-0.05, 0) is 24.6 Å². The first kappa shape index (κ1) is 15.4. The number of halogens is 2. The molecule has 0 bridgehead atoms. The molecule has 6 heteroatoms. The molecule has 0 atom stereocenters. The molecule has 2 aromatic rings. The van der Waals surface area contributed by atoms with Gasteiger partial charge >= 0.3 is 0 Å². The van der Waals surface area contributed by atoms with E-state index < -0.39 is 0 Å². The minimum atomic E-state index is 0.661. The third kappa shape index (κ3) is 4.01. The quantitative estimate of drug-likeness (QED) is 0.790. The Hall–Kier alpha value is -0.970. The summed E-state index contributed by atoms with van der Waals surface area (Å²) in [5.41, 5.74) is 0. The summed E-state index contributed by atoms with van der Waals surface area (Å²) in [5, 5.41) is 5.24. The second-order valence-electron chi connectivity index (χ2n) is 4.18. The average molecular weight is 328 g/mol. The largest absolute Gasteiger partial charge is 0.373 e. The van der Waals surface area contributed by atoms with Crippen LogP contribution in [0.1, 0.15) is 19.2 Å². The van der Waals surface area contributed by atoms with E-state index >= 15 is 0 Å². The molecule has 106 valence electrons. The molecule has 0 unspecified atom stereocenters. The predicted octanol–water partition coefficient (Wildman–Crippen LogP) is 4.93. The molecule has 0 aliphatic carbocycles. The summed E-state index contributed by atoms with van der Waals surface area (Å²) in [7, 11) is 1.85. The molecule has 0 aliphatic heterocycles. The van der Waals surface area contributed by atoms with E-state index in [1.54, 1.807) is 12.1 Å². The SMILES string of the molecule is CCCc1nc(NC)cc(Sc2cc(Cl)ccc2Cl)n1. The van der Waals surface area contributed by atoms with Crippen molar-refractivity contribution in [2.45, 2.75) is 29.7 Å². The van der Waals surface area contributed by atoms with Crippen molar-refractivity contribution in [3.8, 4) is 0 Å². The molecule has 0 saturated heterocycles. The molecule has 1 heterocycles. The first-order valence-corrected chi connectivity index (χ1v) is 7.88. The van der Waals surface area contributed by atoms with Crippen LogP contribution < -0.4 is 5.32 Å². The summed E-state index contributed by atoms with van der Waals surface area (Å²) >= 11 is 13.7. The molecule has 1 aromatic carbocycles. The molecule has 0 spiro atoms. The zero-order valence-corrected chi connectivity index (χ0v) is 13.6. The number of aryl methyl sites for hydroxylation is 1. The van der Waals surface area contributed by atoms with Crippen LogP contribution in [0.5, 0.6) is 0 Å². The van der Waals surface area contributed by atoms with Crippen molar-refractivity contribution < 1.29 is 0 Å². The number of nitrogens with zero attached hydrogens (tertiary/aromatic N) is 2. The third-order valence-electron chi connectivity index (χ3n) is 2.59. The number of hydrogen-bond acceptors (Lipinski definition) is 4. The zero-order valence-electron chi connectivity index (χ0n) is 11.3. The first-order valence-electron chi connectivity index (χ1n) is 6.31. The fourth-order valence-corrected chi connectivity index (χ4v) is 3.02. The van der Waals surface area contributed by atoms with E-state index in [0.29, 0.717) is 10.0 Å². The molecular weight excluding hydrogens is 313 g/mol. The summed E-state index contributed by atoms with van der Waals surface area (Å²) in [6.45, 7) is 2.11. The van der Waals surface area contributed by atoms with Crippen LogP contribution in [0, 0.1) is 0 Å². The van der Waals surface area contributed by atoms with E-state index in [1.807, 2.05) is 19.2 Å². The molecule has 0 radical (unpaired) electrons. The summed E-state index contributed by atoms with van der Waals surface area (Å²) < 4.78 is 0. The van der Waals surface area contributed by atoms with E-state index in [2.05, 4.69) is 22.2 Å². The lowest BCUT2D eigenvalue weighted by atomic mass is 10.3. The van der Waals surface area contributed by atoms with E-state index in [-0.39, 0.29) is 0 Å². The molecule has 0 saturated carbocycles. The Labute approximate surface area is 133 Å². The van der Waals surface area contributed by atoms with Crippen LogP contribution in [0.25, 0.3) is 0 Å². The number of nitrogens with one attached hydrogen (secondary N) is 1. The van der Waals surface area contributed by atoms with E-state index in [9.17, 15) is 0 Å². The van der Waals surface area contributed by atoms with E-state index in [1.165, 1.54) is 11.8 Å². The van der Waals surface area contributed by atoms with Gasteiger partial charge in [-0.2, -0.15) is 0 Å². The van der Waals surface area contributed by atoms with Gasteiger partial charge in [-0.1, -0.05) is 41.9 Å². The monoisotopic (exact) mass is 327 g/mol. The van der Waals surface area contributed by atoms with Crippen LogP contribution in [0.15, 0.2) is 34.2 Å². The van der Waals surface area contributed by atoms with Crippen molar-refractivity contribution in [1.82, 2.24) is 9.97 Å². The van der Waals surface area contributed by atoms with Gasteiger partial charge in [0, 0.05) is 29.5 Å². The van der Waals surface area contributed by atoms with Crippen LogP contribution in [0.3, 0.4) is 0 Å². The molecule has 2 rings (SSSR count). The Morgan fingerprint density at radius 2 is 2.00 bits per heavy atom. The smallest absolute Gasteiger partial charge is 0.132 e. The van der Waals surface area contributed by atoms with Crippen molar-refractivity contribution in [3.05, 3.63) is 40.1 Å². The Morgan fingerprint density at radius 3 is 2.70 bits per heavy atom. The number of aromatic nitrogens is 2. The Kier molecular flexibility index (Phi) is 5.52. The predicted molar refractivity (Wildman–Crippen MR) is 86.2 cm³/mol. The maximum Gasteiger partial charge on any atom is 0.132 e. The lowest BCUT2D eigenvalue weighted by Crippen LogP contribution is -2.01. The molecule has 0 aliphatic rings. The average Bonchev–Trinajstić information content (AvgIpc) is 2.43. The zero-order chi connectivity index (χ0) is 14.5. The lowest BCUT2D eigenvalue weighted by molar-refractivity contribution is 0.811. The lowest BCUT2D eigenvalue weighted by Gasteiger charge is -2.08. The highest BCUT2D eigenvalue weighted by atomic mass is 35.5. The number of hydrogen-bond donors (Lipinski definition) is 1. The van der Waals surface area contributed by atoms with Crippen molar-refractivity contribution in [3.63, 3.8) is 0 Å². The van der Waals surface area contributed by atoms with Gasteiger partial charge in [-0.15, -0.1) is 0 Å². The Balaban J connectivity index is 2.32. The molecule has 1 aromatic heterocycles. The molecule has 0 amide bonds. The molecule has 20 heavy (non-hydrogen) atoms. The summed E-state index contributed by atoms with van der Waals surface area (Å²) in [5.74, 6) is 1.64. The van der Waals surface area contributed by atoms with Crippen LogP contribution in [-0.2, 0) is 6.42 Å². The van der Waals surface area contributed by atoms with Crippen molar-refractivity contribution in [2.75, 3.05) is 12.4 Å². The maximum absolute atomic E-state index is 6.18. The highest BCUT2D eigenvalue weighted by Crippen LogP contribution is 2.34. The second-order valence-corrected chi connectivity index (χ2v) is 6.09. The minimum Gasteiger partial charge on any atom is -0.373 e. The van der Waals surface area contributed by atoms with Gasteiger partial charge in [0.15, 0.2) is 0 Å². The standard InChI is InChI=1S/C14H15Cl2N3S/c1-3-4-12-18-13(17-2)8-14(19-12)20-11-7-9(15)5-6-10(11)16/h5-8H,3-4H2,1-2H3,(H,17,18,19). The highest BCUT2D eigenvalue weighted by molar-refractivity contribution is 7.99. The second kappa shape index (κ2) is 7.16. The topological polar surface area (TPSA) is 37.8 Å². The molecule has 0 fully saturated rings. The molecular formula is C14H15Cl2N3S. The third-order valence-corrected chi connectivity index (χ3v) is 4.24. The van der Waals surface area contributed by atoms with Crippen molar-refractivity contribution in [2.24, 2.45) is 0 Å². The van der Waals surface area contributed by atoms with E-state index in [0.717, 1.165) is 34.4 Å². The number of benzene rings is 1. The fraction of sp³-hybridized carbons (Fsp3) is 0.286. The van der Waals surface area contributed by atoms with Gasteiger partial charge in [0.1, 0.15) is 16.7 Å². The van der Waals surface area contributed by atoms with Crippen LogP contribution in [0.4, 0.5) is 5.82 Å². The summed E-state index contributed by atoms with van der Waals surface area (Å²) in [6, 6.07) is 7.31. The van der Waals surface area contributed by atoms with Gasteiger partial charge in [0.2, 0.25) is 0 Å². The highest BCUT2D eigenvalue weighted by Gasteiger charge is 2.08. The van der Waals surface area contributed by atoms with Crippen LogP contribution >= 0.6 is 35.0 Å².